The van der Waals surface area contributed by atoms with Crippen molar-refractivity contribution < 1.29 is 9.72 Å². The fourth-order valence-electron chi connectivity index (χ4n) is 3.82. The van der Waals surface area contributed by atoms with E-state index in [4.69, 9.17) is 0 Å². The van der Waals surface area contributed by atoms with Crippen LogP contribution in [0.25, 0.3) is 11.3 Å². The molecule has 1 aromatic heterocycles. The lowest BCUT2D eigenvalue weighted by Crippen LogP contribution is -2.25. The van der Waals surface area contributed by atoms with Crippen molar-refractivity contribution in [2.45, 2.75) is 32.6 Å². The summed E-state index contributed by atoms with van der Waals surface area (Å²) < 4.78 is 0. The third-order valence-corrected chi connectivity index (χ3v) is 5.69. The molecule has 164 valence electrons. The smallest absolute Gasteiger partial charge is 0.273 e. The summed E-state index contributed by atoms with van der Waals surface area (Å²) in [5.74, 6) is 0.508. The van der Waals surface area contributed by atoms with Gasteiger partial charge in [0.25, 0.3) is 11.6 Å². The first-order valence-corrected chi connectivity index (χ1v) is 10.8. The van der Waals surface area contributed by atoms with Gasteiger partial charge in [0, 0.05) is 41.5 Å². The molecule has 32 heavy (non-hydrogen) atoms. The first kappa shape index (κ1) is 21.4. The van der Waals surface area contributed by atoms with E-state index in [1.54, 1.807) is 31.2 Å². The number of carbonyl (C=O) groups is 1. The second-order valence-electron chi connectivity index (χ2n) is 7.97. The molecular weight excluding hydrogens is 406 g/mol. The largest absolute Gasteiger partial charge is 0.355 e. The van der Waals surface area contributed by atoms with E-state index in [0.29, 0.717) is 11.3 Å². The van der Waals surface area contributed by atoms with Crippen molar-refractivity contribution in [3.8, 4) is 11.3 Å². The number of carbonyl (C=O) groups excluding carboxylic acids is 1. The normalized spacial score (nSPS) is 14.0. The van der Waals surface area contributed by atoms with Gasteiger partial charge in [-0.3, -0.25) is 14.9 Å². The molecule has 2 heterocycles. The maximum atomic E-state index is 12.5. The van der Waals surface area contributed by atoms with E-state index >= 15 is 0 Å². The number of rotatable bonds is 5. The van der Waals surface area contributed by atoms with E-state index in [9.17, 15) is 14.9 Å². The van der Waals surface area contributed by atoms with Crippen molar-refractivity contribution in [2.24, 2.45) is 0 Å². The molecule has 1 N–H and O–H groups in total. The summed E-state index contributed by atoms with van der Waals surface area (Å²) in [6, 6.07) is 15.7. The standard InChI is InChI=1S/C24H25N5O3/c1-17-6-7-19(16-22(17)29(31)32)24(30)25-20-10-8-18(9-11-20)21-12-13-23(27-26-21)28-14-4-2-3-5-15-28/h6-13,16H,2-5,14-15H2,1H3,(H,25,30). The molecule has 1 saturated heterocycles. The zero-order valence-corrected chi connectivity index (χ0v) is 18.0. The Labute approximate surface area is 186 Å². The maximum absolute atomic E-state index is 12.5. The molecule has 8 heteroatoms. The first-order valence-electron chi connectivity index (χ1n) is 10.8. The predicted molar refractivity (Wildman–Crippen MR) is 124 cm³/mol. The second-order valence-corrected chi connectivity index (χ2v) is 7.97. The van der Waals surface area contributed by atoms with Crippen molar-refractivity contribution in [3.63, 3.8) is 0 Å². The molecule has 1 fully saturated rings. The van der Waals surface area contributed by atoms with Crippen molar-refractivity contribution in [1.29, 1.82) is 0 Å². The van der Waals surface area contributed by atoms with Crippen molar-refractivity contribution >= 4 is 23.1 Å². The highest BCUT2D eigenvalue weighted by Gasteiger charge is 2.15. The van der Waals surface area contributed by atoms with Gasteiger partial charge < -0.3 is 10.2 Å². The minimum Gasteiger partial charge on any atom is -0.355 e. The number of anilines is 2. The van der Waals surface area contributed by atoms with Crippen LogP contribution in [0.3, 0.4) is 0 Å². The van der Waals surface area contributed by atoms with Gasteiger partial charge in [0.2, 0.25) is 0 Å². The summed E-state index contributed by atoms with van der Waals surface area (Å²) in [7, 11) is 0. The highest BCUT2D eigenvalue weighted by atomic mass is 16.6. The number of nitro benzene ring substituents is 1. The van der Waals surface area contributed by atoms with Gasteiger partial charge in [-0.1, -0.05) is 31.0 Å². The fourth-order valence-corrected chi connectivity index (χ4v) is 3.82. The van der Waals surface area contributed by atoms with Crippen LogP contribution in [0.4, 0.5) is 17.2 Å². The van der Waals surface area contributed by atoms with Crippen LogP contribution >= 0.6 is 0 Å². The lowest BCUT2D eigenvalue weighted by molar-refractivity contribution is -0.385. The van der Waals surface area contributed by atoms with Gasteiger partial charge in [-0.2, -0.15) is 0 Å². The van der Waals surface area contributed by atoms with Crippen molar-refractivity contribution in [3.05, 3.63) is 75.8 Å². The average Bonchev–Trinajstić information content (AvgIpc) is 3.09. The van der Waals surface area contributed by atoms with Crippen LogP contribution < -0.4 is 10.2 Å². The summed E-state index contributed by atoms with van der Waals surface area (Å²) in [5, 5.41) is 22.7. The van der Waals surface area contributed by atoms with Crippen LogP contribution in [0.15, 0.2) is 54.6 Å². The molecule has 2 aromatic carbocycles. The molecule has 0 bridgehead atoms. The molecule has 0 spiro atoms. The molecule has 4 rings (SSSR count). The fraction of sp³-hybridized carbons (Fsp3) is 0.292. The number of nitro groups is 1. The number of nitrogens with one attached hydrogen (secondary N) is 1. The van der Waals surface area contributed by atoms with Gasteiger partial charge in [0.05, 0.1) is 10.6 Å². The van der Waals surface area contributed by atoms with Gasteiger partial charge in [-0.25, -0.2) is 0 Å². The molecule has 0 radical (unpaired) electrons. The van der Waals surface area contributed by atoms with Crippen LogP contribution in [0, 0.1) is 17.0 Å². The Hall–Kier alpha value is -3.81. The Morgan fingerprint density at radius 2 is 1.69 bits per heavy atom. The quantitative estimate of drug-likeness (QED) is 0.451. The number of benzene rings is 2. The number of aryl methyl sites for hydroxylation is 1. The van der Waals surface area contributed by atoms with E-state index in [1.165, 1.54) is 31.7 Å². The van der Waals surface area contributed by atoms with Crippen LogP contribution in [0.5, 0.6) is 0 Å². The van der Waals surface area contributed by atoms with E-state index in [2.05, 4.69) is 20.4 Å². The number of nitrogens with zero attached hydrogens (tertiary/aromatic N) is 4. The summed E-state index contributed by atoms with van der Waals surface area (Å²) in [5.41, 5.74) is 2.92. The zero-order valence-electron chi connectivity index (χ0n) is 18.0. The molecular formula is C24H25N5O3. The Morgan fingerprint density at radius 3 is 2.31 bits per heavy atom. The topological polar surface area (TPSA) is 101 Å². The molecule has 0 atom stereocenters. The van der Waals surface area contributed by atoms with Gasteiger partial charge in [-0.15, -0.1) is 10.2 Å². The van der Waals surface area contributed by atoms with Crippen LogP contribution in [-0.4, -0.2) is 34.1 Å². The molecule has 0 unspecified atom stereocenters. The van der Waals surface area contributed by atoms with Crippen LogP contribution in [-0.2, 0) is 0 Å². The van der Waals surface area contributed by atoms with E-state index in [0.717, 1.165) is 30.2 Å². The summed E-state index contributed by atoms with van der Waals surface area (Å²) in [4.78, 5) is 25.4. The zero-order chi connectivity index (χ0) is 22.5. The third-order valence-electron chi connectivity index (χ3n) is 5.69. The number of hydrogen-bond acceptors (Lipinski definition) is 6. The minimum atomic E-state index is -0.486. The number of amides is 1. The maximum Gasteiger partial charge on any atom is 0.273 e. The van der Waals surface area contributed by atoms with Crippen molar-refractivity contribution in [1.82, 2.24) is 10.2 Å². The molecule has 1 aliphatic heterocycles. The summed E-state index contributed by atoms with van der Waals surface area (Å²) in [6.45, 7) is 3.68. The predicted octanol–water partition coefficient (Wildman–Crippen LogP) is 4.99. The highest BCUT2D eigenvalue weighted by molar-refractivity contribution is 6.04. The summed E-state index contributed by atoms with van der Waals surface area (Å²) in [6.07, 6.45) is 4.91. The molecule has 8 nitrogen and oxygen atoms in total. The Morgan fingerprint density at radius 1 is 0.969 bits per heavy atom. The Balaban J connectivity index is 1.43. The minimum absolute atomic E-state index is 0.0739. The average molecular weight is 431 g/mol. The van der Waals surface area contributed by atoms with Gasteiger partial charge in [-0.05, 0) is 50.1 Å². The van der Waals surface area contributed by atoms with Gasteiger partial charge >= 0.3 is 0 Å². The lowest BCUT2D eigenvalue weighted by Gasteiger charge is -2.20. The lowest BCUT2D eigenvalue weighted by atomic mass is 10.1. The van der Waals surface area contributed by atoms with E-state index in [-0.39, 0.29) is 11.3 Å². The van der Waals surface area contributed by atoms with Gasteiger partial charge in [0.1, 0.15) is 0 Å². The third kappa shape index (κ3) is 4.91. The SMILES string of the molecule is Cc1ccc(C(=O)Nc2ccc(-c3ccc(N4CCCCCC4)nn3)cc2)cc1[N+](=O)[O-]. The van der Waals surface area contributed by atoms with Crippen molar-refractivity contribution in [2.75, 3.05) is 23.3 Å². The highest BCUT2D eigenvalue weighted by Crippen LogP contribution is 2.23. The monoisotopic (exact) mass is 431 g/mol. The number of aromatic nitrogens is 2. The second kappa shape index (κ2) is 9.55. The Kier molecular flexibility index (Phi) is 6.39. The van der Waals surface area contributed by atoms with Crippen LogP contribution in [0.1, 0.15) is 41.6 Å². The van der Waals surface area contributed by atoms with E-state index < -0.39 is 10.8 Å². The van der Waals surface area contributed by atoms with Gasteiger partial charge in [0.15, 0.2) is 5.82 Å². The molecule has 0 aliphatic carbocycles. The number of hydrogen-bond donors (Lipinski definition) is 1. The Bertz CT molecular complexity index is 1110. The van der Waals surface area contributed by atoms with E-state index in [1.807, 2.05) is 24.3 Å². The molecule has 3 aromatic rings. The first-order chi connectivity index (χ1) is 15.5. The van der Waals surface area contributed by atoms with Crippen LogP contribution in [0.2, 0.25) is 0 Å². The molecule has 0 saturated carbocycles. The summed E-state index contributed by atoms with van der Waals surface area (Å²) >= 11 is 0. The molecule has 1 amide bonds. The molecule has 1 aliphatic rings.